The molecule has 0 N–H and O–H groups in total. The number of ether oxygens (including phenoxy) is 1. The van der Waals surface area contributed by atoms with Gasteiger partial charge >= 0.3 is 0 Å². The van der Waals surface area contributed by atoms with Crippen LogP contribution in [0.4, 0.5) is 0 Å². The molecule has 0 aliphatic carbocycles. The Hall–Kier alpha value is -0.280. The number of nitrogens with zero attached hydrogens (tertiary/aromatic N) is 1. The van der Waals surface area contributed by atoms with Crippen molar-refractivity contribution in [2.45, 2.75) is 26.3 Å². The van der Waals surface area contributed by atoms with E-state index in [1.807, 2.05) is 4.90 Å². The minimum atomic E-state index is 0.177. The van der Waals surface area contributed by atoms with Gasteiger partial charge < -0.3 is 9.64 Å². The second-order valence-corrected chi connectivity index (χ2v) is 5.54. The van der Waals surface area contributed by atoms with E-state index in [9.17, 15) is 4.79 Å². The normalized spacial score (nSPS) is 33.1. The van der Waals surface area contributed by atoms with Crippen molar-refractivity contribution in [1.29, 1.82) is 0 Å². The van der Waals surface area contributed by atoms with E-state index >= 15 is 0 Å². The van der Waals surface area contributed by atoms with Crippen LogP contribution in [0.25, 0.3) is 0 Å². The fraction of sp³-hybridized carbons (Fsp3) is 0.909. The fourth-order valence-electron chi connectivity index (χ4n) is 2.77. The van der Waals surface area contributed by atoms with Gasteiger partial charge in [0.15, 0.2) is 0 Å². The number of amides is 1. The highest BCUT2D eigenvalue weighted by Crippen LogP contribution is 2.43. The summed E-state index contributed by atoms with van der Waals surface area (Å²) in [5.74, 6) is 1.08. The molecule has 2 aliphatic heterocycles. The summed E-state index contributed by atoms with van der Waals surface area (Å²) in [6.45, 7) is 6.77. The Balaban J connectivity index is 2.11. The number of carbonyl (C=O) groups excluding carboxylic acids is 1. The molecule has 0 saturated carbocycles. The van der Waals surface area contributed by atoms with E-state index in [1.165, 1.54) is 0 Å². The Morgan fingerprint density at radius 2 is 2.27 bits per heavy atom. The Kier molecular flexibility index (Phi) is 2.95. The SMILES string of the molecule is CC1(C)CN(C(=O)CCCl)C2COCC21. The Morgan fingerprint density at radius 3 is 2.93 bits per heavy atom. The number of carbonyl (C=O) groups is 1. The zero-order chi connectivity index (χ0) is 11.1. The molecule has 0 aromatic carbocycles. The van der Waals surface area contributed by atoms with E-state index in [4.69, 9.17) is 16.3 Å². The van der Waals surface area contributed by atoms with E-state index in [0.29, 0.717) is 24.8 Å². The summed E-state index contributed by atoms with van der Waals surface area (Å²) in [6, 6.07) is 0.288. The lowest BCUT2D eigenvalue weighted by Gasteiger charge is -2.23. The number of hydrogen-bond acceptors (Lipinski definition) is 2. The van der Waals surface area contributed by atoms with Crippen LogP contribution in [0, 0.1) is 11.3 Å². The van der Waals surface area contributed by atoms with E-state index in [0.717, 1.165) is 13.2 Å². The van der Waals surface area contributed by atoms with Crippen LogP contribution >= 0.6 is 11.6 Å². The highest BCUT2D eigenvalue weighted by Gasteiger charge is 2.51. The molecular weight excluding hydrogens is 214 g/mol. The Labute approximate surface area is 95.7 Å². The molecule has 3 nitrogen and oxygen atoms in total. The molecule has 0 aromatic rings. The Bertz CT molecular complexity index is 267. The maximum absolute atomic E-state index is 11.9. The second kappa shape index (κ2) is 3.95. The average molecular weight is 232 g/mol. The molecule has 0 radical (unpaired) electrons. The molecule has 2 atom stereocenters. The molecule has 86 valence electrons. The van der Waals surface area contributed by atoms with Gasteiger partial charge in [0.2, 0.25) is 5.91 Å². The second-order valence-electron chi connectivity index (χ2n) is 5.16. The Morgan fingerprint density at radius 1 is 1.53 bits per heavy atom. The highest BCUT2D eigenvalue weighted by molar-refractivity contribution is 6.18. The summed E-state index contributed by atoms with van der Waals surface area (Å²) < 4.78 is 5.48. The first-order valence-corrected chi connectivity index (χ1v) is 6.03. The van der Waals surface area contributed by atoms with E-state index in [2.05, 4.69) is 13.8 Å². The molecule has 2 aliphatic rings. The van der Waals surface area contributed by atoms with Crippen LogP contribution in [0.3, 0.4) is 0 Å². The summed E-state index contributed by atoms with van der Waals surface area (Å²) in [7, 11) is 0. The average Bonchev–Trinajstić information content (AvgIpc) is 2.70. The molecule has 2 fully saturated rings. The van der Waals surface area contributed by atoms with Crippen molar-refractivity contribution in [2.24, 2.45) is 11.3 Å². The van der Waals surface area contributed by atoms with Crippen molar-refractivity contribution in [3.63, 3.8) is 0 Å². The summed E-state index contributed by atoms with van der Waals surface area (Å²) in [5.41, 5.74) is 0.184. The quantitative estimate of drug-likeness (QED) is 0.675. The van der Waals surface area contributed by atoms with Crippen LogP contribution in [-0.2, 0) is 9.53 Å². The fourth-order valence-corrected chi connectivity index (χ4v) is 2.93. The zero-order valence-electron chi connectivity index (χ0n) is 9.33. The molecular formula is C11H18ClNO2. The number of fused-ring (bicyclic) bond motifs is 1. The lowest BCUT2D eigenvalue weighted by Crippen LogP contribution is -2.38. The third kappa shape index (κ3) is 1.87. The van der Waals surface area contributed by atoms with Crippen LogP contribution in [0.2, 0.25) is 0 Å². The predicted molar refractivity (Wildman–Crippen MR) is 58.9 cm³/mol. The molecule has 2 rings (SSSR count). The van der Waals surface area contributed by atoms with Crippen molar-refractivity contribution in [1.82, 2.24) is 4.90 Å². The molecule has 0 spiro atoms. The minimum absolute atomic E-state index is 0.177. The maximum atomic E-state index is 11.9. The highest BCUT2D eigenvalue weighted by atomic mass is 35.5. The molecule has 15 heavy (non-hydrogen) atoms. The topological polar surface area (TPSA) is 29.5 Å². The lowest BCUT2D eigenvalue weighted by atomic mass is 9.80. The molecule has 2 saturated heterocycles. The first-order chi connectivity index (χ1) is 7.06. The first-order valence-electron chi connectivity index (χ1n) is 5.49. The third-order valence-corrected chi connectivity index (χ3v) is 3.85. The van der Waals surface area contributed by atoms with Gasteiger partial charge in [-0.15, -0.1) is 11.6 Å². The van der Waals surface area contributed by atoms with Crippen LogP contribution in [0.1, 0.15) is 20.3 Å². The number of alkyl halides is 1. The van der Waals surface area contributed by atoms with Crippen LogP contribution in [0.15, 0.2) is 0 Å². The van der Waals surface area contributed by atoms with Crippen molar-refractivity contribution in [3.8, 4) is 0 Å². The van der Waals surface area contributed by atoms with Crippen LogP contribution in [-0.4, -0.2) is 42.5 Å². The van der Waals surface area contributed by atoms with Gasteiger partial charge in [0, 0.05) is 24.8 Å². The monoisotopic (exact) mass is 231 g/mol. The number of hydrogen-bond donors (Lipinski definition) is 0. The standard InChI is InChI=1S/C11H18ClNO2/c1-11(2)7-13(10(14)3-4-12)9-6-15-5-8(9)11/h8-9H,3-7H2,1-2H3. The minimum Gasteiger partial charge on any atom is -0.379 e. The predicted octanol–water partition coefficient (Wildman–Crippen LogP) is 1.50. The zero-order valence-corrected chi connectivity index (χ0v) is 10.1. The molecule has 0 aromatic heterocycles. The van der Waals surface area contributed by atoms with Gasteiger partial charge in [0.05, 0.1) is 19.3 Å². The van der Waals surface area contributed by atoms with Gasteiger partial charge in [-0.3, -0.25) is 4.79 Å². The van der Waals surface area contributed by atoms with E-state index in [1.54, 1.807) is 0 Å². The van der Waals surface area contributed by atoms with E-state index in [-0.39, 0.29) is 17.4 Å². The number of likely N-dealkylation sites (tertiary alicyclic amines) is 1. The number of halogens is 1. The first kappa shape index (κ1) is 11.2. The number of rotatable bonds is 2. The summed E-state index contributed by atoms with van der Waals surface area (Å²) in [4.78, 5) is 13.8. The van der Waals surface area contributed by atoms with Gasteiger partial charge in [-0.25, -0.2) is 0 Å². The molecule has 4 heteroatoms. The van der Waals surface area contributed by atoms with E-state index < -0.39 is 0 Å². The van der Waals surface area contributed by atoms with Gasteiger partial charge in [-0.1, -0.05) is 13.8 Å². The van der Waals surface area contributed by atoms with Gasteiger partial charge in [0.25, 0.3) is 0 Å². The summed E-state index contributed by atoms with van der Waals surface area (Å²) in [5, 5.41) is 0. The van der Waals surface area contributed by atoms with Gasteiger partial charge in [-0.2, -0.15) is 0 Å². The maximum Gasteiger partial charge on any atom is 0.224 e. The van der Waals surface area contributed by atoms with Crippen LogP contribution in [0.5, 0.6) is 0 Å². The molecule has 1 amide bonds. The molecule has 2 heterocycles. The van der Waals surface area contributed by atoms with Crippen LogP contribution < -0.4 is 0 Å². The van der Waals surface area contributed by atoms with Crippen molar-refractivity contribution in [3.05, 3.63) is 0 Å². The van der Waals surface area contributed by atoms with Gasteiger partial charge in [0.1, 0.15) is 0 Å². The van der Waals surface area contributed by atoms with Crippen molar-refractivity contribution in [2.75, 3.05) is 25.6 Å². The lowest BCUT2D eigenvalue weighted by molar-refractivity contribution is -0.132. The van der Waals surface area contributed by atoms with Crippen molar-refractivity contribution < 1.29 is 9.53 Å². The smallest absolute Gasteiger partial charge is 0.224 e. The van der Waals surface area contributed by atoms with Crippen molar-refractivity contribution >= 4 is 17.5 Å². The summed E-state index contributed by atoms with van der Waals surface area (Å²) >= 11 is 5.61. The molecule has 0 bridgehead atoms. The molecule has 2 unspecified atom stereocenters. The largest absolute Gasteiger partial charge is 0.379 e. The van der Waals surface area contributed by atoms with Gasteiger partial charge in [-0.05, 0) is 5.41 Å². The third-order valence-electron chi connectivity index (χ3n) is 3.66. The summed E-state index contributed by atoms with van der Waals surface area (Å²) in [6.07, 6.45) is 0.445.